The highest BCUT2D eigenvalue weighted by Crippen LogP contribution is 2.20. The lowest BCUT2D eigenvalue weighted by atomic mass is 10.1. The fourth-order valence-corrected chi connectivity index (χ4v) is 3.49. The van der Waals surface area contributed by atoms with Crippen molar-refractivity contribution in [3.8, 4) is 0 Å². The minimum atomic E-state index is -0.552. The fourth-order valence-electron chi connectivity index (χ4n) is 3.27. The van der Waals surface area contributed by atoms with Gasteiger partial charge in [-0.2, -0.15) is 0 Å². The Labute approximate surface area is 156 Å². The van der Waals surface area contributed by atoms with Gasteiger partial charge in [-0.15, -0.1) is 0 Å². The zero-order valence-electron chi connectivity index (χ0n) is 14.0. The molecule has 2 N–H and O–H groups in total. The first kappa shape index (κ1) is 17.3. The Morgan fingerprint density at radius 3 is 2.89 bits per heavy atom. The maximum absolute atomic E-state index is 12.7. The van der Waals surface area contributed by atoms with Crippen LogP contribution in [0.3, 0.4) is 0 Å². The zero-order valence-corrected chi connectivity index (χ0v) is 14.8. The molecule has 1 aliphatic heterocycles. The first-order valence-corrected chi connectivity index (χ1v) is 8.59. The van der Waals surface area contributed by atoms with Crippen LogP contribution in [-0.2, 0) is 19.5 Å². The molecule has 0 amide bonds. The van der Waals surface area contributed by atoms with Gasteiger partial charge in [-0.05, 0) is 18.3 Å². The van der Waals surface area contributed by atoms with Crippen LogP contribution in [0.5, 0.6) is 0 Å². The van der Waals surface area contributed by atoms with Gasteiger partial charge < -0.3 is 9.40 Å². The number of nitrogens with zero attached hydrogens (tertiary/aromatic N) is 2. The lowest BCUT2D eigenvalue weighted by molar-refractivity contribution is -0.384. The molecular weight excluding hydrogens is 372 g/mol. The predicted molar refractivity (Wildman–Crippen MR) is 99.2 cm³/mol. The summed E-state index contributed by atoms with van der Waals surface area (Å²) in [4.78, 5) is 42.8. The van der Waals surface area contributed by atoms with E-state index in [4.69, 9.17) is 16.6 Å². The average molecular weight is 386 g/mol. The van der Waals surface area contributed by atoms with Crippen molar-refractivity contribution in [1.82, 2.24) is 14.9 Å². The summed E-state index contributed by atoms with van der Waals surface area (Å²) in [5.74, 6) is 0. The Morgan fingerprint density at radius 2 is 2.11 bits per heavy atom. The van der Waals surface area contributed by atoms with Crippen LogP contribution in [0.2, 0.25) is 0 Å². The molecule has 3 aromatic rings. The topological polar surface area (TPSA) is 125 Å². The summed E-state index contributed by atoms with van der Waals surface area (Å²) < 4.78 is 5.77. The minimum Gasteiger partial charge on any atom is -0.464 e. The number of hydrogen-bond acceptors (Lipinski definition) is 7. The molecular formula is C17H14N4O5S. The number of aromatic nitrogens is 2. The van der Waals surface area contributed by atoms with E-state index in [0.717, 1.165) is 5.69 Å². The lowest BCUT2D eigenvalue weighted by Crippen LogP contribution is -2.36. The number of aromatic amines is 2. The lowest BCUT2D eigenvalue weighted by Gasteiger charge is -2.27. The number of nitrogens with one attached hydrogen (secondary N) is 2. The molecule has 0 spiro atoms. The number of rotatable bonds is 3. The van der Waals surface area contributed by atoms with Crippen molar-refractivity contribution >= 4 is 28.9 Å². The van der Waals surface area contributed by atoms with Crippen LogP contribution in [0.1, 0.15) is 16.8 Å². The van der Waals surface area contributed by atoms with Crippen molar-refractivity contribution in [3.63, 3.8) is 0 Å². The number of nitro benzene ring substituents is 1. The third-order valence-corrected chi connectivity index (χ3v) is 4.83. The molecule has 2 aromatic heterocycles. The van der Waals surface area contributed by atoms with Crippen LogP contribution in [-0.4, -0.2) is 26.3 Å². The predicted octanol–water partition coefficient (Wildman–Crippen LogP) is 2.01. The van der Waals surface area contributed by atoms with Gasteiger partial charge in [0.25, 0.3) is 11.2 Å². The first-order chi connectivity index (χ1) is 12.9. The SMILES string of the molecule is O=c1[nH]c(=S)[nH]c2c1CN(Cc1coc3ccc([N+](=O)[O-])cc3c1=O)CC2. The standard InChI is InChI=1S/C17H14N4O5S/c22-15-9(8-26-14-2-1-10(21(24)25)5-11(14)15)6-20-4-3-13-12(7-20)16(23)19-17(27)18-13/h1-2,5,8H,3-4,6-7H2,(H2,18,19,23,27). The van der Waals surface area contributed by atoms with E-state index < -0.39 is 4.92 Å². The molecule has 0 bridgehead atoms. The van der Waals surface area contributed by atoms with Crippen LogP contribution in [0.4, 0.5) is 5.69 Å². The minimum absolute atomic E-state index is 0.166. The smallest absolute Gasteiger partial charge is 0.270 e. The van der Waals surface area contributed by atoms with Gasteiger partial charge in [0.1, 0.15) is 5.58 Å². The highest BCUT2D eigenvalue weighted by Gasteiger charge is 2.21. The first-order valence-electron chi connectivity index (χ1n) is 8.18. The van der Waals surface area contributed by atoms with Gasteiger partial charge in [0.05, 0.1) is 22.1 Å². The maximum atomic E-state index is 12.7. The quantitative estimate of drug-likeness (QED) is 0.401. The summed E-state index contributed by atoms with van der Waals surface area (Å²) in [6.45, 7) is 1.27. The summed E-state index contributed by atoms with van der Waals surface area (Å²) >= 11 is 4.98. The van der Waals surface area contributed by atoms with E-state index in [2.05, 4.69) is 9.97 Å². The number of hydrogen-bond donors (Lipinski definition) is 2. The van der Waals surface area contributed by atoms with Crippen molar-refractivity contribution in [3.05, 3.63) is 76.7 Å². The number of nitro groups is 1. The van der Waals surface area contributed by atoms with E-state index in [1.54, 1.807) is 0 Å². The van der Waals surface area contributed by atoms with Crippen molar-refractivity contribution in [2.75, 3.05) is 6.54 Å². The summed E-state index contributed by atoms with van der Waals surface area (Å²) in [5.41, 5.74) is 1.36. The fraction of sp³-hybridized carbons (Fsp3) is 0.235. The van der Waals surface area contributed by atoms with E-state index >= 15 is 0 Å². The molecule has 1 aromatic carbocycles. The van der Waals surface area contributed by atoms with Crippen LogP contribution >= 0.6 is 12.2 Å². The Balaban J connectivity index is 1.67. The third kappa shape index (κ3) is 3.20. The second kappa shape index (κ2) is 6.56. The van der Waals surface area contributed by atoms with E-state index in [1.807, 2.05) is 4.90 Å². The van der Waals surface area contributed by atoms with Gasteiger partial charge in [-0.1, -0.05) is 0 Å². The second-order valence-corrected chi connectivity index (χ2v) is 6.76. The van der Waals surface area contributed by atoms with Crippen LogP contribution in [0.15, 0.2) is 38.5 Å². The molecule has 138 valence electrons. The van der Waals surface area contributed by atoms with Crippen molar-refractivity contribution in [2.24, 2.45) is 0 Å². The largest absolute Gasteiger partial charge is 0.464 e. The maximum Gasteiger partial charge on any atom is 0.270 e. The number of H-pyrrole nitrogens is 2. The normalized spacial score (nSPS) is 14.2. The molecule has 0 saturated carbocycles. The van der Waals surface area contributed by atoms with Crippen LogP contribution in [0.25, 0.3) is 11.0 Å². The van der Waals surface area contributed by atoms with Gasteiger partial charge in [0.15, 0.2) is 10.2 Å². The Bertz CT molecular complexity index is 1240. The number of fused-ring (bicyclic) bond motifs is 2. The van der Waals surface area contributed by atoms with E-state index in [-0.39, 0.29) is 28.6 Å². The number of non-ortho nitro benzene ring substituents is 1. The summed E-state index contributed by atoms with van der Waals surface area (Å²) in [6.07, 6.45) is 1.97. The Morgan fingerprint density at radius 1 is 1.30 bits per heavy atom. The van der Waals surface area contributed by atoms with Gasteiger partial charge in [-0.25, -0.2) is 0 Å². The molecule has 0 atom stereocenters. The molecule has 1 aliphatic rings. The molecule has 0 saturated heterocycles. The van der Waals surface area contributed by atoms with E-state index in [0.29, 0.717) is 41.0 Å². The van der Waals surface area contributed by atoms with Crippen LogP contribution in [0, 0.1) is 14.9 Å². The van der Waals surface area contributed by atoms with E-state index in [1.165, 1.54) is 24.5 Å². The second-order valence-electron chi connectivity index (χ2n) is 6.35. The third-order valence-electron chi connectivity index (χ3n) is 4.62. The molecule has 0 radical (unpaired) electrons. The molecule has 27 heavy (non-hydrogen) atoms. The van der Waals surface area contributed by atoms with Gasteiger partial charge in [0, 0.05) is 49.4 Å². The molecule has 0 aliphatic carbocycles. The Kier molecular flexibility index (Phi) is 4.21. The molecule has 9 nitrogen and oxygen atoms in total. The molecule has 0 unspecified atom stereocenters. The molecule has 10 heteroatoms. The van der Waals surface area contributed by atoms with Crippen LogP contribution < -0.4 is 11.0 Å². The number of benzene rings is 1. The monoisotopic (exact) mass is 386 g/mol. The van der Waals surface area contributed by atoms with Crippen molar-refractivity contribution < 1.29 is 9.34 Å². The molecule has 3 heterocycles. The van der Waals surface area contributed by atoms with Gasteiger partial charge in [0.2, 0.25) is 0 Å². The zero-order chi connectivity index (χ0) is 19.1. The summed E-state index contributed by atoms with van der Waals surface area (Å²) in [7, 11) is 0. The highest BCUT2D eigenvalue weighted by atomic mass is 32.1. The summed E-state index contributed by atoms with van der Waals surface area (Å²) in [6, 6.07) is 3.93. The van der Waals surface area contributed by atoms with Gasteiger partial charge in [-0.3, -0.25) is 29.6 Å². The van der Waals surface area contributed by atoms with Gasteiger partial charge >= 0.3 is 0 Å². The summed E-state index contributed by atoms with van der Waals surface area (Å²) in [5, 5.41) is 11.1. The average Bonchev–Trinajstić information content (AvgIpc) is 2.64. The van der Waals surface area contributed by atoms with Crippen molar-refractivity contribution in [2.45, 2.75) is 19.5 Å². The highest BCUT2D eigenvalue weighted by molar-refractivity contribution is 7.71. The van der Waals surface area contributed by atoms with E-state index in [9.17, 15) is 19.7 Å². The molecule has 0 fully saturated rings. The van der Waals surface area contributed by atoms with Crippen molar-refractivity contribution in [1.29, 1.82) is 0 Å². The molecule has 4 rings (SSSR count). The Hall–Kier alpha value is -3.11.